The van der Waals surface area contributed by atoms with Crippen LogP contribution in [0, 0.1) is 15.4 Å². The summed E-state index contributed by atoms with van der Waals surface area (Å²) in [5.41, 5.74) is 4.85. The first-order valence-electron chi connectivity index (χ1n) is 9.62. The number of hydrogen-bond donors (Lipinski definition) is 0. The number of para-hydroxylation sites is 1. The fraction of sp³-hybridized carbons (Fsp3) is 0.167. The van der Waals surface area contributed by atoms with Gasteiger partial charge in [-0.05, 0) is 57.0 Å². The minimum Gasteiger partial charge on any atom is -0.274 e. The molecule has 6 heteroatoms. The molecule has 2 amide bonds. The van der Waals surface area contributed by atoms with E-state index in [-0.39, 0.29) is 11.8 Å². The van der Waals surface area contributed by atoms with Crippen LogP contribution in [0.25, 0.3) is 0 Å². The lowest BCUT2D eigenvalue weighted by Crippen LogP contribution is -2.56. The zero-order chi connectivity index (χ0) is 20.8. The fourth-order valence-electron chi connectivity index (χ4n) is 5.54. The molecule has 3 nitrogen and oxygen atoms in total. The Balaban J connectivity index is 1.68. The second kappa shape index (κ2) is 6.26. The van der Waals surface area contributed by atoms with Crippen molar-refractivity contribution in [3.05, 3.63) is 98.6 Å². The van der Waals surface area contributed by atoms with Crippen molar-refractivity contribution in [3.8, 4) is 0 Å². The highest BCUT2D eigenvalue weighted by Crippen LogP contribution is 2.70. The molecule has 1 heterocycles. The molecule has 1 saturated heterocycles. The van der Waals surface area contributed by atoms with Gasteiger partial charge in [0.15, 0.2) is 0 Å². The molecule has 0 N–H and O–H groups in total. The van der Waals surface area contributed by atoms with Gasteiger partial charge in [0.05, 0.1) is 26.2 Å². The number of amides is 2. The van der Waals surface area contributed by atoms with Crippen LogP contribution in [-0.4, -0.2) is 11.8 Å². The third kappa shape index (κ3) is 2.06. The smallest absolute Gasteiger partial charge is 0.239 e. The van der Waals surface area contributed by atoms with E-state index in [1.807, 2.05) is 48.5 Å². The lowest BCUT2D eigenvalue weighted by molar-refractivity contribution is -0.122. The number of alkyl halides is 2. The first-order chi connectivity index (χ1) is 14.4. The van der Waals surface area contributed by atoms with Gasteiger partial charge in [-0.3, -0.25) is 9.59 Å². The Morgan fingerprint density at radius 3 is 1.43 bits per heavy atom. The molecule has 0 radical (unpaired) electrons. The van der Waals surface area contributed by atoms with Crippen molar-refractivity contribution in [2.75, 3.05) is 4.90 Å². The minimum atomic E-state index is -0.748. The molecule has 0 aromatic heterocycles. The van der Waals surface area contributed by atoms with E-state index in [1.165, 1.54) is 4.90 Å². The quantitative estimate of drug-likeness (QED) is 0.196. The van der Waals surface area contributed by atoms with E-state index < -0.39 is 20.5 Å². The summed E-state index contributed by atoms with van der Waals surface area (Å²) < 4.78 is -0.616. The maximum Gasteiger partial charge on any atom is 0.239 e. The number of halogens is 3. The summed E-state index contributed by atoms with van der Waals surface area (Å²) in [7, 11) is 0. The molecule has 4 aliphatic rings. The highest BCUT2D eigenvalue weighted by molar-refractivity contribution is 14.1. The van der Waals surface area contributed by atoms with Crippen molar-refractivity contribution < 1.29 is 9.59 Å². The molecule has 7 rings (SSSR count). The van der Waals surface area contributed by atoms with Gasteiger partial charge in [0, 0.05) is 3.57 Å². The van der Waals surface area contributed by atoms with Crippen molar-refractivity contribution in [1.29, 1.82) is 0 Å². The second-order valence-electron chi connectivity index (χ2n) is 7.93. The molecule has 0 unspecified atom stereocenters. The number of carbonyl (C=O) groups is 2. The zero-order valence-electron chi connectivity index (χ0n) is 15.5. The van der Waals surface area contributed by atoms with Gasteiger partial charge in [0.2, 0.25) is 11.8 Å². The number of rotatable bonds is 1. The van der Waals surface area contributed by atoms with E-state index in [1.54, 1.807) is 0 Å². The van der Waals surface area contributed by atoms with Gasteiger partial charge in [0.25, 0.3) is 0 Å². The highest BCUT2D eigenvalue weighted by atomic mass is 127. The standard InChI is InChI=1S/C24H14Br2INO2/c25-23-13-7-1-2-8-14(13)24(26,16-10-4-3-9-15(16)23)20-19(23)21(29)28(22(20)30)18-12-6-5-11-17(18)27/h1-12,19-20H/t19-,20-,23?,24?/m1/s1. The Bertz CT molecular complexity index is 1150. The molecule has 3 aliphatic carbocycles. The van der Waals surface area contributed by atoms with Crippen LogP contribution in [0.4, 0.5) is 5.69 Å². The molecular formula is C24H14Br2INO2. The topological polar surface area (TPSA) is 37.4 Å². The molecule has 2 atom stereocenters. The largest absolute Gasteiger partial charge is 0.274 e. The van der Waals surface area contributed by atoms with E-state index in [0.717, 1.165) is 25.8 Å². The van der Waals surface area contributed by atoms with E-state index in [9.17, 15) is 9.59 Å². The van der Waals surface area contributed by atoms with Gasteiger partial charge in [-0.2, -0.15) is 0 Å². The first kappa shape index (κ1) is 19.2. The lowest BCUT2D eigenvalue weighted by atomic mass is 9.54. The summed E-state index contributed by atoms with van der Waals surface area (Å²) in [5, 5.41) is 0. The van der Waals surface area contributed by atoms with Crippen LogP contribution in [0.1, 0.15) is 22.3 Å². The van der Waals surface area contributed by atoms with Gasteiger partial charge < -0.3 is 0 Å². The van der Waals surface area contributed by atoms with Crippen molar-refractivity contribution >= 4 is 72.0 Å². The van der Waals surface area contributed by atoms with E-state index in [0.29, 0.717) is 5.69 Å². The van der Waals surface area contributed by atoms with Crippen LogP contribution in [0.2, 0.25) is 0 Å². The highest BCUT2D eigenvalue weighted by Gasteiger charge is 2.72. The molecule has 30 heavy (non-hydrogen) atoms. The molecule has 3 aromatic carbocycles. The lowest BCUT2D eigenvalue weighted by Gasteiger charge is -2.55. The van der Waals surface area contributed by atoms with E-state index in [2.05, 4.69) is 78.7 Å². The van der Waals surface area contributed by atoms with Crippen molar-refractivity contribution in [3.63, 3.8) is 0 Å². The molecule has 0 saturated carbocycles. The molecule has 3 aromatic rings. The monoisotopic (exact) mass is 633 g/mol. The van der Waals surface area contributed by atoms with Crippen LogP contribution in [0.3, 0.4) is 0 Å². The average Bonchev–Trinajstić information content (AvgIpc) is 3.04. The second-order valence-corrected chi connectivity index (χ2v) is 11.6. The molecule has 0 spiro atoms. The summed E-state index contributed by atoms with van der Waals surface area (Å²) in [6.07, 6.45) is 0. The Hall–Kier alpha value is -1.51. The number of anilines is 1. The Morgan fingerprint density at radius 1 is 0.667 bits per heavy atom. The van der Waals surface area contributed by atoms with E-state index in [4.69, 9.17) is 0 Å². The Labute approximate surface area is 204 Å². The number of benzene rings is 3. The summed E-state index contributed by atoms with van der Waals surface area (Å²) in [6.45, 7) is 0. The van der Waals surface area contributed by atoms with E-state index >= 15 is 0 Å². The third-order valence-electron chi connectivity index (χ3n) is 6.68. The van der Waals surface area contributed by atoms with Crippen molar-refractivity contribution in [2.24, 2.45) is 11.8 Å². The maximum absolute atomic E-state index is 13.9. The minimum absolute atomic E-state index is 0.154. The predicted octanol–water partition coefficient (Wildman–Crippen LogP) is 5.70. The van der Waals surface area contributed by atoms with Gasteiger partial charge in [-0.25, -0.2) is 4.90 Å². The molecular weight excluding hydrogens is 621 g/mol. The summed E-state index contributed by atoms with van der Waals surface area (Å²) in [5.74, 6) is -1.38. The van der Waals surface area contributed by atoms with Gasteiger partial charge in [0.1, 0.15) is 0 Å². The van der Waals surface area contributed by atoms with Gasteiger partial charge in [-0.1, -0.05) is 92.5 Å². The van der Waals surface area contributed by atoms with Crippen molar-refractivity contribution in [2.45, 2.75) is 8.65 Å². The number of nitrogens with zero attached hydrogens (tertiary/aromatic N) is 1. The summed E-state index contributed by atoms with van der Waals surface area (Å²) >= 11 is 10.2. The normalized spacial score (nSPS) is 30.8. The van der Waals surface area contributed by atoms with Crippen LogP contribution in [-0.2, 0) is 18.2 Å². The molecule has 1 fully saturated rings. The van der Waals surface area contributed by atoms with Crippen molar-refractivity contribution in [1.82, 2.24) is 0 Å². The molecule has 148 valence electrons. The summed E-state index contributed by atoms with van der Waals surface area (Å²) in [4.78, 5) is 29.2. The summed E-state index contributed by atoms with van der Waals surface area (Å²) in [6, 6.07) is 23.8. The Morgan fingerprint density at radius 2 is 1.03 bits per heavy atom. The fourth-order valence-corrected chi connectivity index (χ4v) is 8.47. The SMILES string of the molecule is O=C1[C@H]2[C@H](C(=O)N1c1ccccc1I)C1(Br)c3ccccc3C2(Br)c2ccccc21. The number of carbonyl (C=O) groups excluding carboxylic acids is 2. The van der Waals surface area contributed by atoms with Crippen LogP contribution >= 0.6 is 54.5 Å². The maximum atomic E-state index is 13.9. The first-order valence-corrected chi connectivity index (χ1v) is 12.3. The van der Waals surface area contributed by atoms with Crippen LogP contribution in [0.15, 0.2) is 72.8 Å². The predicted molar refractivity (Wildman–Crippen MR) is 131 cm³/mol. The van der Waals surface area contributed by atoms with Gasteiger partial charge >= 0.3 is 0 Å². The molecule has 1 aliphatic heterocycles. The average molecular weight is 635 g/mol. The van der Waals surface area contributed by atoms with Crippen LogP contribution < -0.4 is 4.90 Å². The third-order valence-corrected chi connectivity index (χ3v) is 10.3. The molecule has 2 bridgehead atoms. The van der Waals surface area contributed by atoms with Gasteiger partial charge in [-0.15, -0.1) is 0 Å². The number of hydrogen-bond acceptors (Lipinski definition) is 2. The number of imide groups is 1. The van der Waals surface area contributed by atoms with Crippen LogP contribution in [0.5, 0.6) is 0 Å². The Kier molecular flexibility index (Phi) is 4.01. The zero-order valence-corrected chi connectivity index (χ0v) is 20.8.